The number of aliphatic hydroxyl groups is 1. The van der Waals surface area contributed by atoms with Crippen LogP contribution in [0.3, 0.4) is 0 Å². The van der Waals surface area contributed by atoms with E-state index in [1.165, 1.54) is 0 Å². The number of hydrogen-bond donors (Lipinski definition) is 2. The van der Waals surface area contributed by atoms with E-state index < -0.39 is 0 Å². The quantitative estimate of drug-likeness (QED) is 0.788. The fraction of sp³-hybridized carbons (Fsp3) is 0.533. The van der Waals surface area contributed by atoms with Crippen LogP contribution < -0.4 is 5.73 Å². The number of aliphatic hydroxyl groups excluding tert-OH is 1. The van der Waals surface area contributed by atoms with Crippen LogP contribution in [0.2, 0.25) is 0 Å². The molecular weight excluding hydrogens is 240 g/mol. The van der Waals surface area contributed by atoms with Gasteiger partial charge in [-0.2, -0.15) is 0 Å². The fourth-order valence-electron chi connectivity index (χ4n) is 2.28. The molecule has 0 aliphatic heterocycles. The first-order valence-electron chi connectivity index (χ1n) is 6.88. The Bertz CT molecular complexity index is 403. The SMILES string of the molecule is CCC(CC)N(CCO)C(=O)c1cccc(CN)c1. The molecule has 106 valence electrons. The van der Waals surface area contributed by atoms with Gasteiger partial charge in [0, 0.05) is 24.7 Å². The average Bonchev–Trinajstić information content (AvgIpc) is 2.47. The zero-order valence-electron chi connectivity index (χ0n) is 11.8. The minimum atomic E-state index is -0.0296. The highest BCUT2D eigenvalue weighted by Crippen LogP contribution is 2.14. The van der Waals surface area contributed by atoms with E-state index in [2.05, 4.69) is 13.8 Å². The molecule has 0 bridgehead atoms. The standard InChI is InChI=1S/C15H24N2O2/c1-3-14(4-2)17(8-9-18)15(19)13-7-5-6-12(10-13)11-16/h5-7,10,14,18H,3-4,8-9,11,16H2,1-2H3. The Balaban J connectivity index is 2.97. The van der Waals surface area contributed by atoms with Crippen LogP contribution in [-0.2, 0) is 6.54 Å². The number of nitrogens with two attached hydrogens (primary N) is 1. The van der Waals surface area contributed by atoms with Gasteiger partial charge in [0.2, 0.25) is 0 Å². The summed E-state index contributed by atoms with van der Waals surface area (Å²) in [5, 5.41) is 9.16. The third kappa shape index (κ3) is 4.04. The van der Waals surface area contributed by atoms with Gasteiger partial charge in [-0.1, -0.05) is 26.0 Å². The topological polar surface area (TPSA) is 66.6 Å². The van der Waals surface area contributed by atoms with E-state index in [0.29, 0.717) is 18.7 Å². The first kappa shape index (κ1) is 15.7. The summed E-state index contributed by atoms with van der Waals surface area (Å²) in [7, 11) is 0. The van der Waals surface area contributed by atoms with Crippen LogP contribution in [0.1, 0.15) is 42.6 Å². The van der Waals surface area contributed by atoms with Gasteiger partial charge >= 0.3 is 0 Å². The van der Waals surface area contributed by atoms with Gasteiger partial charge in [0.15, 0.2) is 0 Å². The molecule has 1 aromatic carbocycles. The van der Waals surface area contributed by atoms with Crippen LogP contribution in [0.4, 0.5) is 0 Å². The van der Waals surface area contributed by atoms with E-state index in [1.807, 2.05) is 18.2 Å². The zero-order valence-corrected chi connectivity index (χ0v) is 11.8. The number of amides is 1. The van der Waals surface area contributed by atoms with Crippen molar-refractivity contribution in [3.63, 3.8) is 0 Å². The molecule has 1 rings (SSSR count). The highest BCUT2D eigenvalue weighted by molar-refractivity contribution is 5.94. The van der Waals surface area contributed by atoms with E-state index in [1.54, 1.807) is 11.0 Å². The van der Waals surface area contributed by atoms with E-state index >= 15 is 0 Å². The van der Waals surface area contributed by atoms with Crippen molar-refractivity contribution in [1.29, 1.82) is 0 Å². The fourth-order valence-corrected chi connectivity index (χ4v) is 2.28. The van der Waals surface area contributed by atoms with Crippen molar-refractivity contribution < 1.29 is 9.90 Å². The smallest absolute Gasteiger partial charge is 0.254 e. The van der Waals surface area contributed by atoms with Crippen molar-refractivity contribution in [3.05, 3.63) is 35.4 Å². The van der Waals surface area contributed by atoms with Crippen LogP contribution in [0.25, 0.3) is 0 Å². The molecule has 0 saturated heterocycles. The summed E-state index contributed by atoms with van der Waals surface area (Å²) >= 11 is 0. The summed E-state index contributed by atoms with van der Waals surface area (Å²) in [5.41, 5.74) is 7.19. The average molecular weight is 264 g/mol. The molecule has 4 heteroatoms. The summed E-state index contributed by atoms with van der Waals surface area (Å²) in [4.78, 5) is 14.3. The summed E-state index contributed by atoms with van der Waals surface area (Å²) in [6.07, 6.45) is 1.78. The molecule has 0 saturated carbocycles. The predicted molar refractivity (Wildman–Crippen MR) is 76.8 cm³/mol. The molecule has 0 unspecified atom stereocenters. The molecular formula is C15H24N2O2. The molecule has 0 aliphatic rings. The Morgan fingerprint density at radius 2 is 2.05 bits per heavy atom. The molecule has 0 atom stereocenters. The molecule has 19 heavy (non-hydrogen) atoms. The van der Waals surface area contributed by atoms with Crippen LogP contribution in [-0.4, -0.2) is 35.1 Å². The van der Waals surface area contributed by atoms with Crippen LogP contribution in [0.15, 0.2) is 24.3 Å². The van der Waals surface area contributed by atoms with Crippen molar-refractivity contribution in [2.45, 2.75) is 39.3 Å². The summed E-state index contributed by atoms with van der Waals surface area (Å²) < 4.78 is 0. The second-order valence-corrected chi connectivity index (χ2v) is 4.60. The molecule has 0 fully saturated rings. The van der Waals surface area contributed by atoms with E-state index in [-0.39, 0.29) is 18.6 Å². The Morgan fingerprint density at radius 1 is 1.37 bits per heavy atom. The molecule has 0 radical (unpaired) electrons. The normalized spacial score (nSPS) is 10.8. The summed E-state index contributed by atoms with van der Waals surface area (Å²) in [6, 6.07) is 7.55. The molecule has 0 aliphatic carbocycles. The van der Waals surface area contributed by atoms with Gasteiger partial charge in [0.25, 0.3) is 5.91 Å². The summed E-state index contributed by atoms with van der Waals surface area (Å²) in [5.74, 6) is -0.0296. The molecule has 0 aromatic heterocycles. The number of carbonyl (C=O) groups is 1. The van der Waals surface area contributed by atoms with Gasteiger partial charge in [-0.25, -0.2) is 0 Å². The molecule has 3 N–H and O–H groups in total. The first-order chi connectivity index (χ1) is 9.17. The van der Waals surface area contributed by atoms with Crippen LogP contribution in [0, 0.1) is 0 Å². The maximum absolute atomic E-state index is 12.5. The molecule has 0 spiro atoms. The van der Waals surface area contributed by atoms with E-state index in [4.69, 9.17) is 10.8 Å². The number of nitrogens with zero attached hydrogens (tertiary/aromatic N) is 1. The van der Waals surface area contributed by atoms with Crippen molar-refractivity contribution in [1.82, 2.24) is 4.90 Å². The lowest BCUT2D eigenvalue weighted by molar-refractivity contribution is 0.0622. The van der Waals surface area contributed by atoms with Gasteiger partial charge in [0.05, 0.1) is 6.61 Å². The van der Waals surface area contributed by atoms with Gasteiger partial charge < -0.3 is 15.7 Å². The van der Waals surface area contributed by atoms with Gasteiger partial charge in [-0.3, -0.25) is 4.79 Å². The Hall–Kier alpha value is -1.39. The predicted octanol–water partition coefficient (Wildman–Crippen LogP) is 1.77. The molecule has 1 aromatic rings. The van der Waals surface area contributed by atoms with Gasteiger partial charge in [-0.15, -0.1) is 0 Å². The lowest BCUT2D eigenvalue weighted by atomic mass is 10.1. The Morgan fingerprint density at radius 3 is 2.58 bits per heavy atom. The van der Waals surface area contributed by atoms with E-state index in [9.17, 15) is 4.79 Å². The van der Waals surface area contributed by atoms with Crippen molar-refractivity contribution in [3.8, 4) is 0 Å². The first-order valence-corrected chi connectivity index (χ1v) is 6.88. The Labute approximate surface area is 115 Å². The van der Waals surface area contributed by atoms with Gasteiger partial charge in [-0.05, 0) is 30.5 Å². The largest absolute Gasteiger partial charge is 0.395 e. The summed E-state index contributed by atoms with van der Waals surface area (Å²) in [6.45, 7) is 4.90. The molecule has 1 amide bonds. The molecule has 4 nitrogen and oxygen atoms in total. The minimum absolute atomic E-state index is 0.0151. The second-order valence-electron chi connectivity index (χ2n) is 4.60. The monoisotopic (exact) mass is 264 g/mol. The number of rotatable bonds is 7. The van der Waals surface area contributed by atoms with E-state index in [0.717, 1.165) is 18.4 Å². The van der Waals surface area contributed by atoms with Crippen molar-refractivity contribution >= 4 is 5.91 Å². The minimum Gasteiger partial charge on any atom is -0.395 e. The second kappa shape index (κ2) is 7.92. The number of carbonyl (C=O) groups excluding carboxylic acids is 1. The highest BCUT2D eigenvalue weighted by Gasteiger charge is 2.21. The third-order valence-corrected chi connectivity index (χ3v) is 3.39. The Kier molecular flexibility index (Phi) is 6.53. The van der Waals surface area contributed by atoms with Crippen molar-refractivity contribution in [2.24, 2.45) is 5.73 Å². The lowest BCUT2D eigenvalue weighted by Gasteiger charge is -2.30. The molecule has 0 heterocycles. The third-order valence-electron chi connectivity index (χ3n) is 3.39. The zero-order chi connectivity index (χ0) is 14.3. The van der Waals surface area contributed by atoms with Crippen LogP contribution in [0.5, 0.6) is 0 Å². The van der Waals surface area contributed by atoms with Crippen LogP contribution >= 0.6 is 0 Å². The lowest BCUT2D eigenvalue weighted by Crippen LogP contribution is -2.41. The van der Waals surface area contributed by atoms with Crippen molar-refractivity contribution in [2.75, 3.05) is 13.2 Å². The highest BCUT2D eigenvalue weighted by atomic mass is 16.3. The van der Waals surface area contributed by atoms with Gasteiger partial charge in [0.1, 0.15) is 0 Å². The maximum Gasteiger partial charge on any atom is 0.254 e. The number of benzene rings is 1. The number of hydrogen-bond acceptors (Lipinski definition) is 3. The maximum atomic E-state index is 12.5.